The number of ether oxygens (including phenoxy) is 2. The lowest BCUT2D eigenvalue weighted by atomic mass is 10.2. The Kier molecular flexibility index (Phi) is 5.33. The van der Waals surface area contributed by atoms with Gasteiger partial charge in [0, 0.05) is 25.0 Å². The summed E-state index contributed by atoms with van der Waals surface area (Å²) in [5, 5.41) is 0. The molecule has 0 radical (unpaired) electrons. The van der Waals surface area contributed by atoms with Crippen LogP contribution in [0.2, 0.25) is 0 Å². The highest BCUT2D eigenvalue weighted by Crippen LogP contribution is 2.25. The molecule has 1 aliphatic rings. The monoisotopic (exact) mass is 385 g/mol. The van der Waals surface area contributed by atoms with Gasteiger partial charge in [-0.05, 0) is 24.1 Å². The summed E-state index contributed by atoms with van der Waals surface area (Å²) in [6, 6.07) is 2.72. The first kappa shape index (κ1) is 18.5. The molecule has 1 aliphatic heterocycles. The van der Waals surface area contributed by atoms with Crippen molar-refractivity contribution in [3.05, 3.63) is 47.8 Å². The van der Waals surface area contributed by atoms with Gasteiger partial charge in [-0.2, -0.15) is 4.31 Å². The van der Waals surface area contributed by atoms with Crippen molar-refractivity contribution in [2.75, 3.05) is 20.2 Å². The van der Waals surface area contributed by atoms with Crippen LogP contribution >= 0.6 is 0 Å². The maximum absolute atomic E-state index is 13.3. The summed E-state index contributed by atoms with van der Waals surface area (Å²) in [5.74, 6) is -1.71. The maximum atomic E-state index is 13.3. The van der Waals surface area contributed by atoms with Crippen LogP contribution in [0.5, 0.6) is 11.8 Å². The van der Waals surface area contributed by atoms with E-state index in [2.05, 4.69) is 9.97 Å². The molecule has 1 unspecified atom stereocenters. The molecule has 7 nitrogen and oxygen atoms in total. The van der Waals surface area contributed by atoms with Crippen molar-refractivity contribution in [3.8, 4) is 11.8 Å². The standard InChI is InChI=1S/C16H17F2N3O4S/c1-24-15-16(20-4-3-19-15)25-14-2-5-21(9-14)26(22,23)10-11-6-12(17)8-13(18)7-11/h3-4,6-8,14H,2,5,9-10H2,1H3. The number of methoxy groups -OCH3 is 1. The molecule has 3 rings (SSSR count). The van der Waals surface area contributed by atoms with Gasteiger partial charge in [0.25, 0.3) is 11.8 Å². The largest absolute Gasteiger partial charge is 0.477 e. The summed E-state index contributed by atoms with van der Waals surface area (Å²) in [6.45, 7) is 0.354. The second-order valence-corrected chi connectivity index (χ2v) is 7.76. The summed E-state index contributed by atoms with van der Waals surface area (Å²) in [7, 11) is -2.30. The first-order valence-corrected chi connectivity index (χ1v) is 9.43. The second kappa shape index (κ2) is 7.50. The topological polar surface area (TPSA) is 81.6 Å². The molecule has 1 aromatic carbocycles. The first-order valence-electron chi connectivity index (χ1n) is 7.82. The van der Waals surface area contributed by atoms with Crippen LogP contribution in [-0.2, 0) is 15.8 Å². The van der Waals surface area contributed by atoms with Gasteiger partial charge in [-0.15, -0.1) is 0 Å². The van der Waals surface area contributed by atoms with E-state index in [-0.39, 0.29) is 30.4 Å². The van der Waals surface area contributed by atoms with E-state index in [0.717, 1.165) is 12.1 Å². The molecule has 1 aromatic heterocycles. The van der Waals surface area contributed by atoms with E-state index in [9.17, 15) is 17.2 Å². The number of hydrogen-bond acceptors (Lipinski definition) is 6. The lowest BCUT2D eigenvalue weighted by Gasteiger charge is -2.17. The van der Waals surface area contributed by atoms with Crippen molar-refractivity contribution in [1.29, 1.82) is 0 Å². The number of nitrogens with zero attached hydrogens (tertiary/aromatic N) is 3. The molecule has 0 N–H and O–H groups in total. The Balaban J connectivity index is 1.67. The SMILES string of the molecule is COc1nccnc1OC1CCN(S(=O)(=O)Cc2cc(F)cc(F)c2)C1. The van der Waals surface area contributed by atoms with Gasteiger partial charge in [0.1, 0.15) is 17.7 Å². The summed E-state index contributed by atoms with van der Waals surface area (Å²) in [5.41, 5.74) is 0.0578. The van der Waals surface area contributed by atoms with Crippen LogP contribution in [0, 0.1) is 11.6 Å². The Morgan fingerprint density at radius 3 is 2.46 bits per heavy atom. The Hall–Kier alpha value is -2.33. The molecule has 1 fully saturated rings. The number of sulfonamides is 1. The highest BCUT2D eigenvalue weighted by atomic mass is 32.2. The minimum absolute atomic E-state index is 0.0578. The Labute approximate surface area is 149 Å². The third-order valence-electron chi connectivity index (χ3n) is 3.88. The predicted molar refractivity (Wildman–Crippen MR) is 88.2 cm³/mol. The van der Waals surface area contributed by atoms with Crippen LogP contribution in [0.1, 0.15) is 12.0 Å². The zero-order valence-corrected chi connectivity index (χ0v) is 14.7. The molecule has 0 aliphatic carbocycles. The van der Waals surface area contributed by atoms with Gasteiger partial charge < -0.3 is 9.47 Å². The fraction of sp³-hybridized carbons (Fsp3) is 0.375. The maximum Gasteiger partial charge on any atom is 0.278 e. The molecule has 0 bridgehead atoms. The number of aromatic nitrogens is 2. The summed E-state index contributed by atoms with van der Waals surface area (Å²) in [4.78, 5) is 7.99. The normalized spacial score (nSPS) is 18.0. The number of halogens is 2. The van der Waals surface area contributed by atoms with Gasteiger partial charge in [-0.1, -0.05) is 0 Å². The van der Waals surface area contributed by atoms with Crippen molar-refractivity contribution >= 4 is 10.0 Å². The third kappa shape index (κ3) is 4.25. The molecule has 140 valence electrons. The molecule has 1 saturated heterocycles. The molecule has 2 heterocycles. The molecule has 10 heteroatoms. The number of benzene rings is 1. The van der Waals surface area contributed by atoms with Crippen molar-refractivity contribution in [1.82, 2.24) is 14.3 Å². The van der Waals surface area contributed by atoms with E-state index in [1.807, 2.05) is 0 Å². The van der Waals surface area contributed by atoms with E-state index in [1.165, 1.54) is 23.8 Å². The van der Waals surface area contributed by atoms with E-state index >= 15 is 0 Å². The Morgan fingerprint density at radius 1 is 1.15 bits per heavy atom. The van der Waals surface area contributed by atoms with Crippen molar-refractivity contribution in [3.63, 3.8) is 0 Å². The zero-order chi connectivity index (χ0) is 18.7. The fourth-order valence-electron chi connectivity index (χ4n) is 2.73. The van der Waals surface area contributed by atoms with Gasteiger partial charge in [-0.25, -0.2) is 27.2 Å². The van der Waals surface area contributed by atoms with Crippen LogP contribution < -0.4 is 9.47 Å². The van der Waals surface area contributed by atoms with Gasteiger partial charge >= 0.3 is 0 Å². The van der Waals surface area contributed by atoms with Crippen LogP contribution in [-0.4, -0.2) is 49.0 Å². The van der Waals surface area contributed by atoms with Crippen LogP contribution in [0.15, 0.2) is 30.6 Å². The molecule has 0 amide bonds. The van der Waals surface area contributed by atoms with Gasteiger partial charge in [0.05, 0.1) is 19.4 Å². The van der Waals surface area contributed by atoms with E-state index in [0.29, 0.717) is 12.5 Å². The molecule has 1 atom stereocenters. The Bertz CT molecular complexity index is 875. The number of hydrogen-bond donors (Lipinski definition) is 0. The summed E-state index contributed by atoms with van der Waals surface area (Å²) in [6.07, 6.45) is 2.94. The van der Waals surface area contributed by atoms with Gasteiger partial charge in [0.15, 0.2) is 0 Å². The van der Waals surface area contributed by atoms with Crippen molar-refractivity contribution in [2.45, 2.75) is 18.3 Å². The smallest absolute Gasteiger partial charge is 0.278 e. The van der Waals surface area contributed by atoms with Crippen LogP contribution in [0.3, 0.4) is 0 Å². The molecule has 26 heavy (non-hydrogen) atoms. The highest BCUT2D eigenvalue weighted by Gasteiger charge is 2.33. The zero-order valence-electron chi connectivity index (χ0n) is 13.9. The third-order valence-corrected chi connectivity index (χ3v) is 5.69. The molecule has 2 aromatic rings. The van der Waals surface area contributed by atoms with E-state index in [4.69, 9.17) is 9.47 Å². The summed E-state index contributed by atoms with van der Waals surface area (Å²) < 4.78 is 63.5. The molecular weight excluding hydrogens is 368 g/mol. The van der Waals surface area contributed by atoms with E-state index in [1.54, 1.807) is 0 Å². The molecule has 0 spiro atoms. The Morgan fingerprint density at radius 2 is 1.81 bits per heavy atom. The number of rotatable bonds is 6. The average Bonchev–Trinajstić information content (AvgIpc) is 3.03. The first-order chi connectivity index (χ1) is 12.4. The van der Waals surface area contributed by atoms with Crippen molar-refractivity contribution in [2.24, 2.45) is 0 Å². The minimum atomic E-state index is -3.73. The lowest BCUT2D eigenvalue weighted by molar-refractivity contribution is 0.194. The second-order valence-electron chi connectivity index (χ2n) is 5.79. The van der Waals surface area contributed by atoms with Crippen molar-refractivity contribution < 1.29 is 26.7 Å². The highest BCUT2D eigenvalue weighted by molar-refractivity contribution is 7.88. The van der Waals surface area contributed by atoms with Gasteiger partial charge in [0.2, 0.25) is 10.0 Å². The molecule has 0 saturated carbocycles. The van der Waals surface area contributed by atoms with Crippen LogP contribution in [0.4, 0.5) is 8.78 Å². The fourth-order valence-corrected chi connectivity index (χ4v) is 4.28. The summed E-state index contributed by atoms with van der Waals surface area (Å²) >= 11 is 0. The lowest BCUT2D eigenvalue weighted by Crippen LogP contribution is -2.32. The predicted octanol–water partition coefficient (Wildman–Crippen LogP) is 1.75. The van der Waals surface area contributed by atoms with E-state index < -0.39 is 33.5 Å². The van der Waals surface area contributed by atoms with Crippen LogP contribution in [0.25, 0.3) is 0 Å². The molecular formula is C16H17F2N3O4S. The quantitative estimate of drug-likeness (QED) is 0.754. The minimum Gasteiger partial charge on any atom is -0.477 e. The van der Waals surface area contributed by atoms with Gasteiger partial charge in [-0.3, -0.25) is 0 Å². The average molecular weight is 385 g/mol.